The zero-order valence-corrected chi connectivity index (χ0v) is 7.39. The molecule has 0 spiro atoms. The predicted molar refractivity (Wildman–Crippen MR) is 50.4 cm³/mol. The highest BCUT2D eigenvalue weighted by Crippen LogP contribution is 2.29. The molecule has 4 N–H and O–H groups in total. The number of fused-ring (bicyclic) bond motifs is 1. The molecule has 1 heterocycles. The summed E-state index contributed by atoms with van der Waals surface area (Å²) in [5.74, 6) is -3.53. The monoisotopic (exact) mass is 213 g/mol. The number of benzene rings is 1. The molecule has 0 amide bonds. The third-order valence-corrected chi connectivity index (χ3v) is 2.06. The second-order valence-electron chi connectivity index (χ2n) is 3.01. The smallest absolute Gasteiger partial charge is 0.185 e. The molecule has 0 bridgehead atoms. The van der Waals surface area contributed by atoms with Gasteiger partial charge in [-0.25, -0.2) is 13.2 Å². The number of pyridine rings is 1. The second-order valence-corrected chi connectivity index (χ2v) is 3.01. The number of aromatic nitrogens is 1. The van der Waals surface area contributed by atoms with Crippen molar-refractivity contribution in [3.63, 3.8) is 0 Å². The molecule has 1 aromatic carbocycles. The van der Waals surface area contributed by atoms with E-state index in [1.54, 1.807) is 0 Å². The summed E-state index contributed by atoms with van der Waals surface area (Å²) in [5, 5.41) is -0.297. The molecule has 0 fully saturated rings. The van der Waals surface area contributed by atoms with Crippen LogP contribution in [0.4, 0.5) is 24.5 Å². The van der Waals surface area contributed by atoms with Crippen molar-refractivity contribution in [3.8, 4) is 0 Å². The maximum atomic E-state index is 13.3. The summed E-state index contributed by atoms with van der Waals surface area (Å²) in [6.45, 7) is 0. The van der Waals surface area contributed by atoms with Gasteiger partial charge in [0.05, 0.1) is 23.0 Å². The zero-order valence-electron chi connectivity index (χ0n) is 7.39. The molecule has 0 radical (unpaired) electrons. The molecule has 6 heteroatoms. The van der Waals surface area contributed by atoms with Crippen LogP contribution in [0.3, 0.4) is 0 Å². The third kappa shape index (κ3) is 1.25. The molecule has 0 aliphatic rings. The number of hydrogen-bond acceptors (Lipinski definition) is 3. The molecule has 2 rings (SSSR count). The van der Waals surface area contributed by atoms with Gasteiger partial charge in [0, 0.05) is 6.07 Å². The van der Waals surface area contributed by atoms with Crippen LogP contribution in [0, 0.1) is 17.5 Å². The first-order valence-electron chi connectivity index (χ1n) is 3.99. The van der Waals surface area contributed by atoms with E-state index in [1.807, 2.05) is 0 Å². The highest BCUT2D eigenvalue weighted by molar-refractivity contribution is 5.96. The van der Waals surface area contributed by atoms with Crippen LogP contribution < -0.4 is 11.5 Å². The Balaban J connectivity index is 3.03. The van der Waals surface area contributed by atoms with Crippen LogP contribution >= 0.6 is 0 Å². The van der Waals surface area contributed by atoms with E-state index in [9.17, 15) is 13.2 Å². The lowest BCUT2D eigenvalue weighted by Gasteiger charge is -2.06. The summed E-state index contributed by atoms with van der Waals surface area (Å²) >= 11 is 0. The average molecular weight is 213 g/mol. The Bertz CT molecular complexity index is 554. The summed E-state index contributed by atoms with van der Waals surface area (Å²) in [6, 6.07) is 0.412. The number of anilines is 2. The summed E-state index contributed by atoms with van der Waals surface area (Å²) in [5.41, 5.74) is 10.2. The van der Waals surface area contributed by atoms with Crippen molar-refractivity contribution in [2.24, 2.45) is 0 Å². The Morgan fingerprint density at radius 3 is 2.40 bits per heavy atom. The fourth-order valence-corrected chi connectivity index (χ4v) is 1.31. The quantitative estimate of drug-likeness (QED) is 0.656. The van der Waals surface area contributed by atoms with Crippen molar-refractivity contribution >= 4 is 22.3 Å². The maximum absolute atomic E-state index is 13.3. The van der Waals surface area contributed by atoms with E-state index in [0.717, 1.165) is 6.20 Å². The summed E-state index contributed by atoms with van der Waals surface area (Å²) < 4.78 is 39.3. The van der Waals surface area contributed by atoms with Crippen LogP contribution in [-0.2, 0) is 0 Å². The molecule has 78 valence electrons. The van der Waals surface area contributed by atoms with E-state index in [1.165, 1.54) is 0 Å². The Hall–Kier alpha value is -1.98. The summed E-state index contributed by atoms with van der Waals surface area (Å²) in [4.78, 5) is 3.50. The largest absolute Gasteiger partial charge is 0.396 e. The van der Waals surface area contributed by atoms with Gasteiger partial charge in [-0.05, 0) is 0 Å². The summed E-state index contributed by atoms with van der Waals surface area (Å²) in [6.07, 6.45) is 1.06. The highest BCUT2D eigenvalue weighted by Gasteiger charge is 2.16. The van der Waals surface area contributed by atoms with Crippen molar-refractivity contribution in [2.75, 3.05) is 11.5 Å². The standard InChI is InChI=1S/C9H6F3N3/c10-3-1-4(11)7(12)9-6(3)8(14)5(13)2-15-9/h1-2H,13H2,(H2,14,15). The number of halogens is 3. The van der Waals surface area contributed by atoms with Gasteiger partial charge in [-0.2, -0.15) is 0 Å². The van der Waals surface area contributed by atoms with Crippen molar-refractivity contribution in [1.82, 2.24) is 4.98 Å². The predicted octanol–water partition coefficient (Wildman–Crippen LogP) is 1.82. The molecule has 0 unspecified atom stereocenters. The molecular formula is C9H6F3N3. The van der Waals surface area contributed by atoms with Crippen LogP contribution in [0.15, 0.2) is 12.3 Å². The average Bonchev–Trinajstić information content (AvgIpc) is 2.18. The van der Waals surface area contributed by atoms with E-state index in [4.69, 9.17) is 11.5 Å². The molecule has 0 aliphatic heterocycles. The zero-order chi connectivity index (χ0) is 11.2. The van der Waals surface area contributed by atoms with Crippen molar-refractivity contribution < 1.29 is 13.2 Å². The lowest BCUT2D eigenvalue weighted by atomic mass is 10.1. The Labute approximate surface area is 82.5 Å². The second kappa shape index (κ2) is 3.01. The SMILES string of the molecule is Nc1cnc2c(F)c(F)cc(F)c2c1N. The van der Waals surface area contributed by atoms with Gasteiger partial charge in [0.2, 0.25) is 0 Å². The Morgan fingerprint density at radius 1 is 1.07 bits per heavy atom. The van der Waals surface area contributed by atoms with Crippen molar-refractivity contribution in [1.29, 1.82) is 0 Å². The van der Waals surface area contributed by atoms with E-state index in [-0.39, 0.29) is 16.8 Å². The van der Waals surface area contributed by atoms with Crippen molar-refractivity contribution in [3.05, 3.63) is 29.7 Å². The molecule has 1 aromatic heterocycles. The fraction of sp³-hybridized carbons (Fsp3) is 0. The van der Waals surface area contributed by atoms with Gasteiger partial charge in [0.15, 0.2) is 11.6 Å². The van der Waals surface area contributed by atoms with E-state index >= 15 is 0 Å². The lowest BCUT2D eigenvalue weighted by molar-refractivity contribution is 0.504. The van der Waals surface area contributed by atoms with Crippen LogP contribution in [-0.4, -0.2) is 4.98 Å². The van der Waals surface area contributed by atoms with Gasteiger partial charge in [-0.3, -0.25) is 4.98 Å². The lowest BCUT2D eigenvalue weighted by Crippen LogP contribution is -2.01. The molecule has 0 aliphatic carbocycles. The van der Waals surface area contributed by atoms with E-state index in [2.05, 4.69) is 4.98 Å². The number of nitrogens with zero attached hydrogens (tertiary/aromatic N) is 1. The van der Waals surface area contributed by atoms with Gasteiger partial charge in [-0.15, -0.1) is 0 Å². The van der Waals surface area contributed by atoms with Gasteiger partial charge in [0.25, 0.3) is 0 Å². The van der Waals surface area contributed by atoms with Crippen LogP contribution in [0.25, 0.3) is 10.9 Å². The minimum atomic E-state index is -1.31. The molecule has 15 heavy (non-hydrogen) atoms. The number of rotatable bonds is 0. The minimum Gasteiger partial charge on any atom is -0.396 e. The molecule has 3 nitrogen and oxygen atoms in total. The molecular weight excluding hydrogens is 207 g/mol. The molecule has 2 aromatic rings. The Morgan fingerprint density at radius 2 is 1.73 bits per heavy atom. The number of nitrogens with two attached hydrogens (primary N) is 2. The van der Waals surface area contributed by atoms with Crippen molar-refractivity contribution in [2.45, 2.75) is 0 Å². The number of nitrogen functional groups attached to an aromatic ring is 2. The first kappa shape index (κ1) is 9.57. The minimum absolute atomic E-state index is 0.0207. The van der Waals surface area contributed by atoms with Gasteiger partial charge in [-0.1, -0.05) is 0 Å². The van der Waals surface area contributed by atoms with Crippen LogP contribution in [0.1, 0.15) is 0 Å². The fourth-order valence-electron chi connectivity index (χ4n) is 1.31. The highest BCUT2D eigenvalue weighted by atomic mass is 19.2. The normalized spacial score (nSPS) is 10.9. The topological polar surface area (TPSA) is 64.9 Å². The first-order valence-corrected chi connectivity index (χ1v) is 3.99. The van der Waals surface area contributed by atoms with E-state index < -0.39 is 23.0 Å². The maximum Gasteiger partial charge on any atom is 0.185 e. The number of hydrogen-bond donors (Lipinski definition) is 2. The first-order chi connectivity index (χ1) is 7.02. The molecule has 0 atom stereocenters. The summed E-state index contributed by atoms with van der Waals surface area (Å²) in [7, 11) is 0. The molecule has 0 saturated carbocycles. The van der Waals surface area contributed by atoms with E-state index in [0.29, 0.717) is 6.07 Å². The molecule has 0 saturated heterocycles. The van der Waals surface area contributed by atoms with Crippen LogP contribution in [0.2, 0.25) is 0 Å². The van der Waals surface area contributed by atoms with Crippen LogP contribution in [0.5, 0.6) is 0 Å². The van der Waals surface area contributed by atoms with Gasteiger partial charge >= 0.3 is 0 Å². The third-order valence-electron chi connectivity index (χ3n) is 2.06. The van der Waals surface area contributed by atoms with Gasteiger partial charge < -0.3 is 11.5 Å². The Kier molecular flexibility index (Phi) is 1.92. The van der Waals surface area contributed by atoms with Gasteiger partial charge in [0.1, 0.15) is 11.3 Å².